The SMILES string of the molecule is Cc1ccc(C(Br)c2cc(Br)sc2C)cc1Br. The van der Waals surface area contributed by atoms with Crippen LogP contribution in [0.1, 0.15) is 26.4 Å². The van der Waals surface area contributed by atoms with Gasteiger partial charge in [0.25, 0.3) is 0 Å². The number of thiophene rings is 1. The highest BCUT2D eigenvalue weighted by Gasteiger charge is 2.15. The number of halogens is 3. The smallest absolute Gasteiger partial charge is 0.0704 e. The number of aryl methyl sites for hydroxylation is 2. The third kappa shape index (κ3) is 3.03. The van der Waals surface area contributed by atoms with Crippen LogP contribution in [0.15, 0.2) is 32.5 Å². The summed E-state index contributed by atoms with van der Waals surface area (Å²) in [4.78, 5) is 1.59. The fourth-order valence-electron chi connectivity index (χ4n) is 1.66. The van der Waals surface area contributed by atoms with Gasteiger partial charge < -0.3 is 0 Å². The number of benzene rings is 1. The molecule has 0 fully saturated rings. The van der Waals surface area contributed by atoms with Gasteiger partial charge in [0, 0.05) is 9.35 Å². The molecular formula is C13H11Br3S. The molecule has 0 spiro atoms. The van der Waals surface area contributed by atoms with Crippen molar-refractivity contribution < 1.29 is 0 Å². The molecule has 0 aliphatic rings. The first-order valence-electron chi connectivity index (χ1n) is 5.15. The maximum absolute atomic E-state index is 3.78. The van der Waals surface area contributed by atoms with Crippen molar-refractivity contribution in [3.8, 4) is 0 Å². The van der Waals surface area contributed by atoms with Gasteiger partial charge in [0.1, 0.15) is 0 Å². The van der Waals surface area contributed by atoms with Gasteiger partial charge in [0.05, 0.1) is 8.61 Å². The van der Waals surface area contributed by atoms with Crippen molar-refractivity contribution in [2.45, 2.75) is 18.7 Å². The molecule has 0 aliphatic carbocycles. The maximum Gasteiger partial charge on any atom is 0.0704 e. The van der Waals surface area contributed by atoms with Gasteiger partial charge in [0.15, 0.2) is 0 Å². The van der Waals surface area contributed by atoms with Crippen LogP contribution < -0.4 is 0 Å². The number of hydrogen-bond acceptors (Lipinski definition) is 1. The predicted molar refractivity (Wildman–Crippen MR) is 86.4 cm³/mol. The molecule has 0 N–H and O–H groups in total. The van der Waals surface area contributed by atoms with E-state index in [1.54, 1.807) is 11.3 Å². The molecule has 1 atom stereocenters. The molecule has 4 heteroatoms. The van der Waals surface area contributed by atoms with E-state index in [1.807, 2.05) is 0 Å². The van der Waals surface area contributed by atoms with Crippen molar-refractivity contribution >= 4 is 59.1 Å². The first kappa shape index (κ1) is 13.8. The van der Waals surface area contributed by atoms with Gasteiger partial charge in [-0.2, -0.15) is 0 Å². The van der Waals surface area contributed by atoms with E-state index in [2.05, 4.69) is 85.9 Å². The fraction of sp³-hybridized carbons (Fsp3) is 0.231. The van der Waals surface area contributed by atoms with Crippen molar-refractivity contribution in [1.82, 2.24) is 0 Å². The summed E-state index contributed by atoms with van der Waals surface area (Å²) in [5.74, 6) is 0. The summed E-state index contributed by atoms with van der Waals surface area (Å²) in [5, 5.41) is 0. The molecule has 0 radical (unpaired) electrons. The topological polar surface area (TPSA) is 0 Å². The summed E-state index contributed by atoms with van der Waals surface area (Å²) in [7, 11) is 0. The van der Waals surface area contributed by atoms with E-state index in [-0.39, 0.29) is 4.83 Å². The Hall–Kier alpha value is 0.360. The molecule has 0 bridgehead atoms. The van der Waals surface area contributed by atoms with E-state index in [4.69, 9.17) is 0 Å². The first-order valence-corrected chi connectivity index (χ1v) is 8.47. The molecule has 90 valence electrons. The summed E-state index contributed by atoms with van der Waals surface area (Å²) in [6.07, 6.45) is 0. The average molecular weight is 439 g/mol. The molecule has 0 saturated heterocycles. The fourth-order valence-corrected chi connectivity index (χ4v) is 4.71. The van der Waals surface area contributed by atoms with Crippen molar-refractivity contribution in [1.29, 1.82) is 0 Å². The molecule has 0 saturated carbocycles. The van der Waals surface area contributed by atoms with Crippen LogP contribution in [0.4, 0.5) is 0 Å². The minimum absolute atomic E-state index is 0.252. The van der Waals surface area contributed by atoms with Crippen molar-refractivity contribution in [3.05, 3.63) is 54.1 Å². The van der Waals surface area contributed by atoms with Gasteiger partial charge >= 0.3 is 0 Å². The van der Waals surface area contributed by atoms with Crippen LogP contribution in [0.25, 0.3) is 0 Å². The summed E-state index contributed by atoms with van der Waals surface area (Å²) in [6.45, 7) is 4.26. The number of hydrogen-bond donors (Lipinski definition) is 0. The zero-order valence-electron chi connectivity index (χ0n) is 9.43. The lowest BCUT2D eigenvalue weighted by molar-refractivity contribution is 1.16. The van der Waals surface area contributed by atoms with Crippen LogP contribution in [0.2, 0.25) is 0 Å². The molecule has 1 aromatic heterocycles. The highest BCUT2D eigenvalue weighted by Crippen LogP contribution is 2.39. The third-order valence-corrected chi connectivity index (χ3v) is 6.13. The zero-order valence-corrected chi connectivity index (χ0v) is 15.0. The lowest BCUT2D eigenvalue weighted by Gasteiger charge is -2.11. The Kier molecular flexibility index (Phi) is 4.50. The minimum Gasteiger partial charge on any atom is -0.133 e. The Bertz CT molecular complexity index is 546. The molecule has 17 heavy (non-hydrogen) atoms. The second kappa shape index (κ2) is 5.55. The quantitative estimate of drug-likeness (QED) is 0.477. The summed E-state index contributed by atoms with van der Waals surface area (Å²) in [5.41, 5.74) is 3.87. The normalized spacial score (nSPS) is 12.8. The van der Waals surface area contributed by atoms with E-state index >= 15 is 0 Å². The highest BCUT2D eigenvalue weighted by atomic mass is 79.9. The van der Waals surface area contributed by atoms with Crippen molar-refractivity contribution in [3.63, 3.8) is 0 Å². The van der Waals surface area contributed by atoms with Crippen molar-refractivity contribution in [2.75, 3.05) is 0 Å². The molecule has 0 aliphatic heterocycles. The molecule has 1 heterocycles. The van der Waals surface area contributed by atoms with E-state index in [0.29, 0.717) is 0 Å². The Balaban J connectivity index is 2.40. The predicted octanol–water partition coefficient (Wildman–Crippen LogP) is 6.37. The highest BCUT2D eigenvalue weighted by molar-refractivity contribution is 9.11. The van der Waals surface area contributed by atoms with Gasteiger partial charge in [-0.1, -0.05) is 44.0 Å². The second-order valence-electron chi connectivity index (χ2n) is 3.93. The van der Waals surface area contributed by atoms with Crippen LogP contribution in [0.5, 0.6) is 0 Å². The lowest BCUT2D eigenvalue weighted by Crippen LogP contribution is -1.93. The Morgan fingerprint density at radius 2 is 1.82 bits per heavy atom. The van der Waals surface area contributed by atoms with Crippen LogP contribution in [-0.2, 0) is 0 Å². The number of alkyl halides is 1. The Morgan fingerprint density at radius 1 is 1.12 bits per heavy atom. The van der Waals surface area contributed by atoms with Gasteiger partial charge in [-0.3, -0.25) is 0 Å². The van der Waals surface area contributed by atoms with Crippen LogP contribution >= 0.6 is 59.1 Å². The molecule has 1 aromatic carbocycles. The molecule has 0 nitrogen and oxygen atoms in total. The summed E-state index contributed by atoms with van der Waals surface area (Å²) >= 11 is 12.7. The van der Waals surface area contributed by atoms with Gasteiger partial charge in [-0.15, -0.1) is 11.3 Å². The Labute approximate surface area is 131 Å². The molecule has 2 aromatic rings. The zero-order chi connectivity index (χ0) is 12.6. The Morgan fingerprint density at radius 3 is 2.35 bits per heavy atom. The van der Waals surface area contributed by atoms with Crippen molar-refractivity contribution in [2.24, 2.45) is 0 Å². The van der Waals surface area contributed by atoms with Gasteiger partial charge in [-0.25, -0.2) is 0 Å². The molecule has 0 amide bonds. The van der Waals surface area contributed by atoms with E-state index < -0.39 is 0 Å². The van der Waals surface area contributed by atoms with Gasteiger partial charge in [-0.05, 0) is 58.6 Å². The van der Waals surface area contributed by atoms with Crippen LogP contribution in [0.3, 0.4) is 0 Å². The van der Waals surface area contributed by atoms with Gasteiger partial charge in [0.2, 0.25) is 0 Å². The molecule has 2 rings (SSSR count). The summed E-state index contributed by atoms with van der Waals surface area (Å²) < 4.78 is 2.34. The monoisotopic (exact) mass is 436 g/mol. The average Bonchev–Trinajstić information content (AvgIpc) is 2.61. The van der Waals surface area contributed by atoms with E-state index in [9.17, 15) is 0 Å². The maximum atomic E-state index is 3.78. The first-order chi connectivity index (χ1) is 7.99. The summed E-state index contributed by atoms with van der Waals surface area (Å²) in [6, 6.07) is 8.68. The standard InChI is InChI=1S/C13H11Br3S/c1-7-3-4-9(5-11(7)14)13(16)10-6-12(15)17-8(10)2/h3-6,13H,1-2H3. The largest absolute Gasteiger partial charge is 0.133 e. The lowest BCUT2D eigenvalue weighted by atomic mass is 10.0. The third-order valence-electron chi connectivity index (χ3n) is 2.69. The molecule has 1 unspecified atom stereocenters. The van der Waals surface area contributed by atoms with E-state index in [0.717, 1.165) is 4.47 Å². The van der Waals surface area contributed by atoms with Crippen LogP contribution in [-0.4, -0.2) is 0 Å². The van der Waals surface area contributed by atoms with E-state index in [1.165, 1.54) is 25.4 Å². The van der Waals surface area contributed by atoms with Crippen LogP contribution in [0, 0.1) is 13.8 Å². The second-order valence-corrected chi connectivity index (χ2v) is 8.34. The minimum atomic E-state index is 0.252. The molecular weight excluding hydrogens is 428 g/mol. The number of rotatable bonds is 2.